The average molecular weight is 579 g/mol. The fraction of sp³-hybridized carbons (Fsp3) is 0.519. The van der Waals surface area contributed by atoms with Gasteiger partial charge in [-0.2, -0.15) is 0 Å². The molecule has 1 saturated carbocycles. The zero-order valence-corrected chi connectivity index (χ0v) is 23.5. The summed E-state index contributed by atoms with van der Waals surface area (Å²) in [7, 11) is 0. The van der Waals surface area contributed by atoms with Gasteiger partial charge in [-0.25, -0.2) is 4.98 Å². The minimum absolute atomic E-state index is 0. The molecule has 8 nitrogen and oxygen atoms in total. The van der Waals surface area contributed by atoms with E-state index >= 15 is 0 Å². The van der Waals surface area contributed by atoms with Gasteiger partial charge in [-0.3, -0.25) is 14.5 Å². The van der Waals surface area contributed by atoms with E-state index in [1.807, 2.05) is 18.2 Å². The van der Waals surface area contributed by atoms with Gasteiger partial charge in [0.05, 0.1) is 5.69 Å². The van der Waals surface area contributed by atoms with Crippen LogP contribution < -0.4 is 10.6 Å². The number of carbonyl (C=O) groups excluding carboxylic acids is 2. The summed E-state index contributed by atoms with van der Waals surface area (Å²) in [6, 6.07) is 7.63. The number of fused-ring (bicyclic) bond motifs is 2. The molecule has 6 rings (SSSR count). The number of benzene rings is 1. The van der Waals surface area contributed by atoms with Crippen LogP contribution in [0.3, 0.4) is 0 Å². The molecule has 2 atom stereocenters. The van der Waals surface area contributed by atoms with Crippen molar-refractivity contribution in [2.45, 2.75) is 69.6 Å². The van der Waals surface area contributed by atoms with Crippen molar-refractivity contribution in [3.05, 3.63) is 50.6 Å². The van der Waals surface area contributed by atoms with Crippen molar-refractivity contribution >= 4 is 58.1 Å². The van der Waals surface area contributed by atoms with Gasteiger partial charge in [-0.05, 0) is 49.9 Å². The van der Waals surface area contributed by atoms with E-state index in [0.29, 0.717) is 21.8 Å². The zero-order valence-electron chi connectivity index (χ0n) is 21.1. The van der Waals surface area contributed by atoms with Gasteiger partial charge in [-0.15, -0.1) is 23.7 Å². The number of hydrogen-bond acceptors (Lipinski definition) is 6. The molecular weight excluding hydrogens is 545 g/mol. The second-order valence-corrected chi connectivity index (χ2v) is 11.8. The number of amides is 2. The highest BCUT2D eigenvalue weighted by atomic mass is 35.5. The van der Waals surface area contributed by atoms with Gasteiger partial charge in [0.25, 0.3) is 11.8 Å². The summed E-state index contributed by atoms with van der Waals surface area (Å²) in [4.78, 5) is 37.9. The highest BCUT2D eigenvalue weighted by molar-refractivity contribution is 7.13. The first kappa shape index (κ1) is 27.4. The molecule has 3 aliphatic rings. The standard InChI is InChI=1S/C27H32ClN5O3S.ClH/c28-17-5-6-19-16(13-17)14-23(29-19)25(34)30-20-3-1-2-4-21(20)31-26(35)27-32-22-7-10-33(15-24(22)37-27)18-8-11-36-12-9-18;/h5-6,13-14,18,20-21,29H,1-4,7-12,15H2,(H,30,34)(H,31,35);1H/t20-,21+;/m1./s1. The third-order valence-electron chi connectivity index (χ3n) is 7.89. The lowest BCUT2D eigenvalue weighted by Crippen LogP contribution is -2.53. The first-order chi connectivity index (χ1) is 18.0. The van der Waals surface area contributed by atoms with E-state index in [-0.39, 0.29) is 36.3 Å². The fourth-order valence-electron chi connectivity index (χ4n) is 5.85. The summed E-state index contributed by atoms with van der Waals surface area (Å²) >= 11 is 7.61. The van der Waals surface area contributed by atoms with E-state index in [0.717, 1.165) is 87.8 Å². The van der Waals surface area contributed by atoms with Crippen molar-refractivity contribution in [2.24, 2.45) is 0 Å². The second kappa shape index (κ2) is 11.9. The largest absolute Gasteiger partial charge is 0.381 e. The van der Waals surface area contributed by atoms with Crippen LogP contribution in [0.15, 0.2) is 24.3 Å². The minimum Gasteiger partial charge on any atom is -0.381 e. The summed E-state index contributed by atoms with van der Waals surface area (Å²) in [6.07, 6.45) is 6.74. The molecule has 1 aromatic carbocycles. The number of halogens is 2. The van der Waals surface area contributed by atoms with E-state index < -0.39 is 0 Å². The van der Waals surface area contributed by atoms with Crippen molar-refractivity contribution < 1.29 is 14.3 Å². The Labute approximate surface area is 237 Å². The van der Waals surface area contributed by atoms with E-state index in [1.54, 1.807) is 6.07 Å². The minimum atomic E-state index is -0.170. The topological polar surface area (TPSA) is 99.3 Å². The molecule has 1 saturated heterocycles. The molecule has 11 heteroatoms. The number of carbonyl (C=O) groups is 2. The van der Waals surface area contributed by atoms with Crippen LogP contribution in [0.5, 0.6) is 0 Å². The first-order valence-corrected chi connectivity index (χ1v) is 14.4. The quantitative estimate of drug-likeness (QED) is 0.408. The van der Waals surface area contributed by atoms with Crippen LogP contribution in [-0.2, 0) is 17.7 Å². The van der Waals surface area contributed by atoms with Gasteiger partial charge < -0.3 is 20.4 Å². The lowest BCUT2D eigenvalue weighted by Gasteiger charge is -2.36. The molecule has 4 heterocycles. The molecule has 0 unspecified atom stereocenters. The maximum atomic E-state index is 13.2. The van der Waals surface area contributed by atoms with E-state index in [9.17, 15) is 9.59 Å². The Bertz CT molecular complexity index is 1310. The Kier molecular flexibility index (Phi) is 8.59. The summed E-state index contributed by atoms with van der Waals surface area (Å²) in [5, 5.41) is 8.41. The number of thiazole rings is 1. The van der Waals surface area contributed by atoms with Gasteiger partial charge in [0.1, 0.15) is 5.69 Å². The van der Waals surface area contributed by atoms with Crippen LogP contribution in [0.25, 0.3) is 10.9 Å². The highest BCUT2D eigenvalue weighted by Gasteiger charge is 2.32. The summed E-state index contributed by atoms with van der Waals surface area (Å²) in [5.74, 6) is -0.306. The number of H-pyrrole nitrogens is 1. The van der Waals surface area contributed by atoms with Crippen LogP contribution in [-0.4, -0.2) is 64.6 Å². The molecule has 0 radical (unpaired) electrons. The average Bonchev–Trinajstić information content (AvgIpc) is 3.54. The Morgan fingerprint density at radius 3 is 2.55 bits per heavy atom. The van der Waals surface area contributed by atoms with Gasteiger partial charge in [0.2, 0.25) is 0 Å². The van der Waals surface area contributed by atoms with E-state index in [4.69, 9.17) is 21.3 Å². The molecular formula is C27H33Cl2N5O3S. The Balaban J connectivity index is 0.00000294. The Morgan fingerprint density at radius 2 is 1.79 bits per heavy atom. The maximum Gasteiger partial charge on any atom is 0.280 e. The normalized spacial score (nSPS) is 22.4. The highest BCUT2D eigenvalue weighted by Crippen LogP contribution is 2.29. The van der Waals surface area contributed by atoms with Crippen molar-refractivity contribution in [3.63, 3.8) is 0 Å². The Hall–Kier alpha value is -2.17. The molecule has 2 aromatic heterocycles. The van der Waals surface area contributed by atoms with Gasteiger partial charge in [0.15, 0.2) is 5.01 Å². The molecule has 38 heavy (non-hydrogen) atoms. The third-order valence-corrected chi connectivity index (χ3v) is 9.20. The van der Waals surface area contributed by atoms with Crippen molar-refractivity contribution in [1.29, 1.82) is 0 Å². The number of nitrogens with one attached hydrogen (secondary N) is 3. The predicted molar refractivity (Wildman–Crippen MR) is 152 cm³/mol. The molecule has 0 spiro atoms. The van der Waals surface area contributed by atoms with E-state index in [2.05, 4.69) is 20.5 Å². The summed E-state index contributed by atoms with van der Waals surface area (Å²) in [6.45, 7) is 3.51. The molecule has 3 aromatic rings. The van der Waals surface area contributed by atoms with Crippen molar-refractivity contribution in [2.75, 3.05) is 19.8 Å². The molecule has 2 amide bonds. The maximum absolute atomic E-state index is 13.2. The number of hydrogen-bond donors (Lipinski definition) is 3. The van der Waals surface area contributed by atoms with Gasteiger partial charge >= 0.3 is 0 Å². The number of ether oxygens (including phenoxy) is 1. The Morgan fingerprint density at radius 1 is 1.05 bits per heavy atom. The fourth-order valence-corrected chi connectivity index (χ4v) is 7.07. The zero-order chi connectivity index (χ0) is 25.4. The monoisotopic (exact) mass is 577 g/mol. The molecule has 0 bridgehead atoms. The third kappa shape index (κ3) is 5.87. The van der Waals surface area contributed by atoms with Crippen LogP contribution in [0.2, 0.25) is 5.02 Å². The van der Waals surface area contributed by atoms with Crippen molar-refractivity contribution in [1.82, 2.24) is 25.5 Å². The van der Waals surface area contributed by atoms with Gasteiger partial charge in [-0.1, -0.05) is 24.4 Å². The van der Waals surface area contributed by atoms with Crippen LogP contribution >= 0.6 is 35.3 Å². The predicted octanol–water partition coefficient (Wildman–Crippen LogP) is 4.71. The second-order valence-electron chi connectivity index (χ2n) is 10.3. The van der Waals surface area contributed by atoms with Gasteiger partial charge in [0, 0.05) is 71.7 Å². The van der Waals surface area contributed by atoms with Crippen LogP contribution in [0.1, 0.15) is 69.4 Å². The lowest BCUT2D eigenvalue weighted by atomic mass is 9.90. The lowest BCUT2D eigenvalue weighted by molar-refractivity contribution is 0.0293. The number of aromatic amines is 1. The molecule has 2 fully saturated rings. The molecule has 2 aliphatic heterocycles. The smallest absolute Gasteiger partial charge is 0.280 e. The molecule has 3 N–H and O–H groups in total. The number of aromatic nitrogens is 2. The van der Waals surface area contributed by atoms with Crippen LogP contribution in [0.4, 0.5) is 0 Å². The number of rotatable bonds is 5. The summed E-state index contributed by atoms with van der Waals surface area (Å²) < 4.78 is 5.52. The molecule has 1 aliphatic carbocycles. The van der Waals surface area contributed by atoms with E-state index in [1.165, 1.54) is 16.2 Å². The van der Waals surface area contributed by atoms with Crippen LogP contribution in [0, 0.1) is 0 Å². The molecule has 204 valence electrons. The SMILES string of the molecule is Cl.O=C(N[C@@H]1CCCC[C@@H]1NC(=O)c1nc2c(s1)CN(C1CCOCC1)CC2)c1cc2cc(Cl)ccc2[nH]1. The summed E-state index contributed by atoms with van der Waals surface area (Å²) in [5.41, 5.74) is 2.42. The number of nitrogens with zero attached hydrogens (tertiary/aromatic N) is 2. The first-order valence-electron chi connectivity index (χ1n) is 13.2. The van der Waals surface area contributed by atoms with Crippen molar-refractivity contribution in [3.8, 4) is 0 Å².